The molecule has 18 heavy (non-hydrogen) atoms. The van der Waals surface area contributed by atoms with Crippen LogP contribution in [0.15, 0.2) is 30.6 Å². The molecule has 1 N–H and O–H groups in total. The van der Waals surface area contributed by atoms with Gasteiger partial charge in [-0.05, 0) is 40.8 Å². The van der Waals surface area contributed by atoms with Gasteiger partial charge in [-0.15, -0.1) is 0 Å². The number of carboxylic acids is 1. The fourth-order valence-corrected chi connectivity index (χ4v) is 1.61. The highest BCUT2D eigenvalue weighted by Gasteiger charge is 2.10. The number of halogens is 2. The lowest BCUT2D eigenvalue weighted by molar-refractivity contribution is 0.0696. The highest BCUT2D eigenvalue weighted by molar-refractivity contribution is 14.1. The van der Waals surface area contributed by atoms with Crippen LogP contribution >= 0.6 is 22.6 Å². The molecule has 0 saturated carbocycles. The summed E-state index contributed by atoms with van der Waals surface area (Å²) in [6, 6.07) is 4.37. The molecule has 0 unspecified atom stereocenters. The van der Waals surface area contributed by atoms with Crippen molar-refractivity contribution in [1.29, 1.82) is 0 Å². The molecule has 1 aromatic carbocycles. The first-order valence-electron chi connectivity index (χ1n) is 4.74. The van der Waals surface area contributed by atoms with E-state index in [0.717, 1.165) is 12.4 Å². The molecular weight excluding hydrogens is 354 g/mol. The van der Waals surface area contributed by atoms with Crippen LogP contribution < -0.4 is 4.74 Å². The average Bonchev–Trinajstić information content (AvgIpc) is 2.34. The largest absolute Gasteiger partial charge is 0.478 e. The lowest BCUT2D eigenvalue weighted by atomic mass is 10.2. The highest BCUT2D eigenvalue weighted by Crippen LogP contribution is 2.25. The molecule has 0 aliphatic carbocycles. The zero-order chi connectivity index (χ0) is 13.1. The van der Waals surface area contributed by atoms with Gasteiger partial charge < -0.3 is 9.84 Å². The van der Waals surface area contributed by atoms with Crippen molar-refractivity contribution in [3.63, 3.8) is 0 Å². The minimum absolute atomic E-state index is 0.0446. The van der Waals surface area contributed by atoms with Gasteiger partial charge in [-0.3, -0.25) is 0 Å². The van der Waals surface area contributed by atoms with Crippen LogP contribution in [0.1, 0.15) is 10.4 Å². The van der Waals surface area contributed by atoms with Crippen LogP contribution in [0.4, 0.5) is 4.39 Å². The van der Waals surface area contributed by atoms with E-state index < -0.39 is 11.8 Å². The Hall–Kier alpha value is -1.77. The molecule has 2 rings (SSSR count). The molecule has 7 heteroatoms. The average molecular weight is 360 g/mol. The molecule has 0 fully saturated rings. The monoisotopic (exact) mass is 360 g/mol. The van der Waals surface area contributed by atoms with Crippen molar-refractivity contribution >= 4 is 28.6 Å². The van der Waals surface area contributed by atoms with Gasteiger partial charge in [0.15, 0.2) is 5.82 Å². The third kappa shape index (κ3) is 2.92. The van der Waals surface area contributed by atoms with Crippen molar-refractivity contribution in [3.05, 3.63) is 45.5 Å². The molecule has 1 aromatic heterocycles. The van der Waals surface area contributed by atoms with Gasteiger partial charge in [-0.2, -0.15) is 0 Å². The van der Waals surface area contributed by atoms with Crippen LogP contribution in [0.25, 0.3) is 0 Å². The van der Waals surface area contributed by atoms with Crippen molar-refractivity contribution in [1.82, 2.24) is 9.97 Å². The van der Waals surface area contributed by atoms with Gasteiger partial charge in [0.25, 0.3) is 0 Å². The van der Waals surface area contributed by atoms with Gasteiger partial charge in [0.05, 0.1) is 21.5 Å². The normalized spacial score (nSPS) is 10.1. The van der Waals surface area contributed by atoms with E-state index in [9.17, 15) is 9.18 Å². The van der Waals surface area contributed by atoms with E-state index in [1.165, 1.54) is 12.1 Å². The summed E-state index contributed by atoms with van der Waals surface area (Å²) in [7, 11) is 0. The van der Waals surface area contributed by atoms with Gasteiger partial charge in [0, 0.05) is 0 Å². The van der Waals surface area contributed by atoms with E-state index in [2.05, 4.69) is 9.97 Å². The van der Waals surface area contributed by atoms with Gasteiger partial charge in [0.2, 0.25) is 0 Å². The second kappa shape index (κ2) is 5.25. The zero-order valence-corrected chi connectivity index (χ0v) is 11.0. The number of hydrogen-bond donors (Lipinski definition) is 1. The summed E-state index contributed by atoms with van der Waals surface area (Å²) in [5.74, 6) is -1.32. The van der Waals surface area contributed by atoms with Crippen LogP contribution in [-0.2, 0) is 0 Å². The molecule has 0 radical (unpaired) electrons. The Morgan fingerprint density at radius 3 is 2.61 bits per heavy atom. The summed E-state index contributed by atoms with van der Waals surface area (Å²) in [5.41, 5.74) is 0.0903. The maximum Gasteiger partial charge on any atom is 0.335 e. The quantitative estimate of drug-likeness (QED) is 0.853. The van der Waals surface area contributed by atoms with E-state index >= 15 is 0 Å². The molecule has 2 aromatic rings. The number of hydrogen-bond acceptors (Lipinski definition) is 4. The number of carbonyl (C=O) groups is 1. The van der Waals surface area contributed by atoms with Gasteiger partial charge in [-0.25, -0.2) is 19.2 Å². The fraction of sp³-hybridized carbons (Fsp3) is 0. The lowest BCUT2D eigenvalue weighted by Crippen LogP contribution is -1.99. The number of carboxylic acid groups (broad SMARTS) is 1. The lowest BCUT2D eigenvalue weighted by Gasteiger charge is -2.06. The molecule has 5 nitrogen and oxygen atoms in total. The Morgan fingerprint density at radius 2 is 2.00 bits per heavy atom. The van der Waals surface area contributed by atoms with E-state index in [4.69, 9.17) is 9.84 Å². The molecule has 0 spiro atoms. The fourth-order valence-electron chi connectivity index (χ4n) is 1.17. The predicted molar refractivity (Wildman–Crippen MR) is 68.2 cm³/mol. The predicted octanol–water partition coefficient (Wildman–Crippen LogP) is 2.71. The van der Waals surface area contributed by atoms with Crippen molar-refractivity contribution in [3.8, 4) is 11.8 Å². The van der Waals surface area contributed by atoms with Crippen LogP contribution in [0.2, 0.25) is 0 Å². The number of benzene rings is 1. The number of aromatic carboxylic acids is 1. The Morgan fingerprint density at radius 1 is 1.33 bits per heavy atom. The number of aromatic nitrogens is 2. The Bertz CT molecular complexity index is 589. The second-order valence-electron chi connectivity index (χ2n) is 3.24. The molecule has 0 atom stereocenters. The van der Waals surface area contributed by atoms with Crippen LogP contribution in [0.3, 0.4) is 0 Å². The van der Waals surface area contributed by atoms with Crippen molar-refractivity contribution in [2.45, 2.75) is 0 Å². The van der Waals surface area contributed by atoms with Crippen molar-refractivity contribution in [2.24, 2.45) is 0 Å². The smallest absolute Gasteiger partial charge is 0.335 e. The first-order chi connectivity index (χ1) is 8.56. The molecular formula is C11H6FIN2O3. The topological polar surface area (TPSA) is 72.3 Å². The van der Waals surface area contributed by atoms with Crippen molar-refractivity contribution < 1.29 is 19.0 Å². The number of ether oxygens (including phenoxy) is 1. The third-order valence-electron chi connectivity index (χ3n) is 1.98. The molecule has 1 heterocycles. The van der Waals surface area contributed by atoms with Gasteiger partial charge in [-0.1, -0.05) is 0 Å². The molecule has 92 valence electrons. The highest BCUT2D eigenvalue weighted by atomic mass is 127. The first-order valence-corrected chi connectivity index (χ1v) is 5.82. The minimum atomic E-state index is -1.06. The molecule has 0 amide bonds. The summed E-state index contributed by atoms with van der Waals surface area (Å²) in [6.07, 6.45) is 1.94. The SMILES string of the molecule is O=C(O)c1ccc(I)c(Oc2ncc(F)cn2)c1. The summed E-state index contributed by atoms with van der Waals surface area (Å²) in [5, 5.41) is 8.86. The van der Waals surface area contributed by atoms with E-state index in [1.54, 1.807) is 6.07 Å². The minimum Gasteiger partial charge on any atom is -0.478 e. The van der Waals surface area contributed by atoms with Crippen LogP contribution in [0.5, 0.6) is 11.8 Å². The molecule has 0 aliphatic rings. The van der Waals surface area contributed by atoms with Gasteiger partial charge >= 0.3 is 12.0 Å². The molecule has 0 bridgehead atoms. The number of nitrogens with zero attached hydrogens (tertiary/aromatic N) is 2. The van der Waals surface area contributed by atoms with E-state index in [-0.39, 0.29) is 11.6 Å². The maximum absolute atomic E-state index is 12.6. The second-order valence-corrected chi connectivity index (χ2v) is 4.40. The van der Waals surface area contributed by atoms with Crippen molar-refractivity contribution in [2.75, 3.05) is 0 Å². The Labute approximate surface area is 115 Å². The van der Waals surface area contributed by atoms with Gasteiger partial charge in [0.1, 0.15) is 5.75 Å². The van der Waals surface area contributed by atoms with Crippen LogP contribution in [0, 0.1) is 9.39 Å². The summed E-state index contributed by atoms with van der Waals surface area (Å²) in [6.45, 7) is 0. The standard InChI is InChI=1S/C11H6FIN2O3/c12-7-4-14-11(15-5-7)18-9-3-6(10(16)17)1-2-8(9)13/h1-5H,(H,16,17). The van der Waals surface area contributed by atoms with E-state index in [0.29, 0.717) is 9.32 Å². The summed E-state index contributed by atoms with van der Waals surface area (Å²) < 4.78 is 18.6. The Balaban J connectivity index is 2.30. The van der Waals surface area contributed by atoms with Crippen LogP contribution in [-0.4, -0.2) is 21.0 Å². The first kappa shape index (κ1) is 12.7. The summed E-state index contributed by atoms with van der Waals surface area (Å²) in [4.78, 5) is 18.1. The summed E-state index contributed by atoms with van der Waals surface area (Å²) >= 11 is 1.99. The maximum atomic E-state index is 12.6. The van der Waals surface area contributed by atoms with E-state index in [1.807, 2.05) is 22.6 Å². The zero-order valence-electron chi connectivity index (χ0n) is 8.80. The third-order valence-corrected chi connectivity index (χ3v) is 2.87. The number of rotatable bonds is 3. The Kier molecular flexibility index (Phi) is 3.70. The molecule has 0 saturated heterocycles. The molecule has 0 aliphatic heterocycles.